The lowest BCUT2D eigenvalue weighted by molar-refractivity contribution is -0.149. The molecule has 2 saturated heterocycles. The molecule has 2 aliphatic heterocycles. The van der Waals surface area contributed by atoms with E-state index in [4.69, 9.17) is 4.74 Å². The first-order valence-corrected chi connectivity index (χ1v) is 7.04. The highest BCUT2D eigenvalue weighted by molar-refractivity contribution is 5.88. The fourth-order valence-corrected chi connectivity index (χ4v) is 2.73. The molecule has 0 aromatic carbocycles. The largest absolute Gasteiger partial charge is 0.378 e. The van der Waals surface area contributed by atoms with Gasteiger partial charge in [-0.2, -0.15) is 0 Å². The van der Waals surface area contributed by atoms with E-state index in [1.54, 1.807) is 11.9 Å². The third-order valence-corrected chi connectivity index (χ3v) is 3.76. The number of halogens is 1. The summed E-state index contributed by atoms with van der Waals surface area (Å²) in [5.74, 6) is 0.112. The number of carbonyl (C=O) groups is 2. The van der Waals surface area contributed by atoms with Gasteiger partial charge in [0.05, 0.1) is 19.8 Å². The minimum atomic E-state index is -0.271. The van der Waals surface area contributed by atoms with Crippen molar-refractivity contribution < 1.29 is 14.3 Å². The van der Waals surface area contributed by atoms with Gasteiger partial charge >= 0.3 is 0 Å². The molecule has 0 aromatic heterocycles. The summed E-state index contributed by atoms with van der Waals surface area (Å²) in [4.78, 5) is 28.2. The maximum Gasteiger partial charge on any atom is 0.245 e. The average molecular weight is 306 g/mol. The van der Waals surface area contributed by atoms with Gasteiger partial charge in [-0.25, -0.2) is 0 Å². The van der Waals surface area contributed by atoms with Crippen LogP contribution in [0.5, 0.6) is 0 Å². The van der Waals surface area contributed by atoms with Crippen LogP contribution in [0.2, 0.25) is 0 Å². The molecule has 2 aliphatic rings. The summed E-state index contributed by atoms with van der Waals surface area (Å²) >= 11 is 0. The standard InChI is InChI=1S/C13H23N3O3.ClH/c1-14-10-12(17)16-5-3-2-4-11(16)13(18)15-6-8-19-9-7-15;/h11,14H,2-10H2,1H3;1H. The van der Waals surface area contributed by atoms with Gasteiger partial charge in [0.25, 0.3) is 0 Å². The van der Waals surface area contributed by atoms with Crippen molar-refractivity contribution in [3.8, 4) is 0 Å². The Kier molecular flexibility index (Phi) is 7.26. The van der Waals surface area contributed by atoms with Crippen LogP contribution >= 0.6 is 12.4 Å². The van der Waals surface area contributed by atoms with Gasteiger partial charge in [-0.05, 0) is 26.3 Å². The highest BCUT2D eigenvalue weighted by Gasteiger charge is 2.34. The smallest absolute Gasteiger partial charge is 0.245 e. The monoisotopic (exact) mass is 305 g/mol. The zero-order chi connectivity index (χ0) is 13.7. The van der Waals surface area contributed by atoms with Crippen LogP contribution in [0.4, 0.5) is 0 Å². The van der Waals surface area contributed by atoms with Crippen LogP contribution in [0, 0.1) is 0 Å². The van der Waals surface area contributed by atoms with E-state index in [1.807, 2.05) is 4.90 Å². The fraction of sp³-hybridized carbons (Fsp3) is 0.846. The Morgan fingerprint density at radius 1 is 1.20 bits per heavy atom. The van der Waals surface area contributed by atoms with Crippen LogP contribution in [-0.4, -0.2) is 74.1 Å². The van der Waals surface area contributed by atoms with Crippen molar-refractivity contribution in [2.45, 2.75) is 25.3 Å². The normalized spacial score (nSPS) is 23.1. The van der Waals surface area contributed by atoms with E-state index >= 15 is 0 Å². The van der Waals surface area contributed by atoms with Gasteiger partial charge in [-0.1, -0.05) is 0 Å². The molecular weight excluding hydrogens is 282 g/mol. The van der Waals surface area contributed by atoms with Gasteiger partial charge in [0.15, 0.2) is 0 Å². The lowest BCUT2D eigenvalue weighted by Gasteiger charge is -2.38. The number of nitrogens with one attached hydrogen (secondary N) is 1. The number of likely N-dealkylation sites (N-methyl/N-ethyl adjacent to an activating group) is 1. The summed E-state index contributed by atoms with van der Waals surface area (Å²) in [5, 5.41) is 2.87. The van der Waals surface area contributed by atoms with E-state index in [2.05, 4.69) is 5.32 Å². The van der Waals surface area contributed by atoms with Crippen LogP contribution in [0.3, 0.4) is 0 Å². The molecule has 2 amide bonds. The first-order valence-electron chi connectivity index (χ1n) is 7.04. The number of rotatable bonds is 3. The van der Waals surface area contributed by atoms with Crippen molar-refractivity contribution in [2.24, 2.45) is 0 Å². The Bertz CT molecular complexity index is 335. The lowest BCUT2D eigenvalue weighted by atomic mass is 10.0. The van der Waals surface area contributed by atoms with Crippen molar-refractivity contribution in [3.63, 3.8) is 0 Å². The lowest BCUT2D eigenvalue weighted by Crippen LogP contribution is -2.56. The number of likely N-dealkylation sites (tertiary alicyclic amines) is 1. The number of hydrogen-bond acceptors (Lipinski definition) is 4. The topological polar surface area (TPSA) is 61.9 Å². The SMILES string of the molecule is CNCC(=O)N1CCCCC1C(=O)N1CCOCC1.Cl. The molecule has 2 fully saturated rings. The second-order valence-corrected chi connectivity index (χ2v) is 5.07. The maximum absolute atomic E-state index is 12.5. The van der Waals surface area contributed by atoms with Crippen LogP contribution < -0.4 is 5.32 Å². The highest BCUT2D eigenvalue weighted by atomic mass is 35.5. The van der Waals surface area contributed by atoms with Gasteiger partial charge in [-0.3, -0.25) is 9.59 Å². The molecule has 0 aliphatic carbocycles. The maximum atomic E-state index is 12.5. The molecule has 0 bridgehead atoms. The summed E-state index contributed by atoms with van der Waals surface area (Å²) in [7, 11) is 1.75. The number of piperidine rings is 1. The molecule has 20 heavy (non-hydrogen) atoms. The van der Waals surface area contributed by atoms with Crippen molar-refractivity contribution in [1.82, 2.24) is 15.1 Å². The highest BCUT2D eigenvalue weighted by Crippen LogP contribution is 2.19. The minimum Gasteiger partial charge on any atom is -0.378 e. The molecule has 116 valence electrons. The molecule has 0 aromatic rings. The number of carbonyl (C=O) groups excluding carboxylic acids is 2. The molecule has 2 rings (SSSR count). The van der Waals surface area contributed by atoms with E-state index in [-0.39, 0.29) is 30.3 Å². The van der Waals surface area contributed by atoms with Gasteiger partial charge in [-0.15, -0.1) is 12.4 Å². The number of amides is 2. The average Bonchev–Trinajstić information content (AvgIpc) is 2.47. The molecule has 0 saturated carbocycles. The summed E-state index contributed by atoms with van der Waals surface area (Å²) < 4.78 is 5.27. The summed E-state index contributed by atoms with van der Waals surface area (Å²) in [6.45, 7) is 3.48. The molecule has 2 heterocycles. The second-order valence-electron chi connectivity index (χ2n) is 5.07. The number of ether oxygens (including phenoxy) is 1. The number of morpholine rings is 1. The molecule has 6 nitrogen and oxygen atoms in total. The quantitative estimate of drug-likeness (QED) is 0.789. The fourth-order valence-electron chi connectivity index (χ4n) is 2.73. The Morgan fingerprint density at radius 2 is 1.90 bits per heavy atom. The van der Waals surface area contributed by atoms with Gasteiger partial charge in [0.1, 0.15) is 6.04 Å². The van der Waals surface area contributed by atoms with E-state index in [0.29, 0.717) is 39.4 Å². The molecular formula is C13H24ClN3O3. The minimum absolute atomic E-state index is 0. The third kappa shape index (κ3) is 4.07. The van der Waals surface area contributed by atoms with Gasteiger partial charge < -0.3 is 19.9 Å². The summed E-state index contributed by atoms with van der Waals surface area (Å²) in [5.41, 5.74) is 0. The molecule has 1 unspecified atom stereocenters. The molecule has 1 N–H and O–H groups in total. The van der Waals surface area contributed by atoms with E-state index in [1.165, 1.54) is 0 Å². The van der Waals surface area contributed by atoms with Crippen LogP contribution in [0.25, 0.3) is 0 Å². The van der Waals surface area contributed by atoms with Crippen molar-refractivity contribution >= 4 is 24.2 Å². The van der Waals surface area contributed by atoms with E-state index < -0.39 is 0 Å². The number of nitrogens with zero attached hydrogens (tertiary/aromatic N) is 2. The number of hydrogen-bond donors (Lipinski definition) is 1. The molecule has 7 heteroatoms. The van der Waals surface area contributed by atoms with Crippen molar-refractivity contribution in [1.29, 1.82) is 0 Å². The molecule has 0 spiro atoms. The summed E-state index contributed by atoms with van der Waals surface area (Å²) in [6.07, 6.45) is 2.79. The zero-order valence-corrected chi connectivity index (χ0v) is 12.8. The van der Waals surface area contributed by atoms with E-state index in [9.17, 15) is 9.59 Å². The predicted molar refractivity (Wildman–Crippen MR) is 77.9 cm³/mol. The Labute approximate surface area is 126 Å². The Morgan fingerprint density at radius 3 is 2.55 bits per heavy atom. The zero-order valence-electron chi connectivity index (χ0n) is 12.0. The third-order valence-electron chi connectivity index (χ3n) is 3.76. The van der Waals surface area contributed by atoms with E-state index in [0.717, 1.165) is 19.3 Å². The summed E-state index contributed by atoms with van der Waals surface area (Å²) in [6, 6.07) is -0.271. The first kappa shape index (κ1) is 17.2. The Hall–Kier alpha value is -0.850. The predicted octanol–water partition coefficient (Wildman–Crippen LogP) is -0.132. The van der Waals surface area contributed by atoms with Crippen molar-refractivity contribution in [2.75, 3.05) is 46.4 Å². The van der Waals surface area contributed by atoms with Crippen LogP contribution in [0.15, 0.2) is 0 Å². The van der Waals surface area contributed by atoms with Gasteiger partial charge in [0.2, 0.25) is 11.8 Å². The Balaban J connectivity index is 0.00000200. The second kappa shape index (κ2) is 8.44. The molecule has 0 radical (unpaired) electrons. The van der Waals surface area contributed by atoms with Gasteiger partial charge in [0, 0.05) is 19.6 Å². The van der Waals surface area contributed by atoms with Crippen molar-refractivity contribution in [3.05, 3.63) is 0 Å². The first-order chi connectivity index (χ1) is 9.24. The molecule has 1 atom stereocenters. The van der Waals surface area contributed by atoms with Crippen LogP contribution in [-0.2, 0) is 14.3 Å². The van der Waals surface area contributed by atoms with Crippen LogP contribution in [0.1, 0.15) is 19.3 Å².